The lowest BCUT2D eigenvalue weighted by Gasteiger charge is -2.39. The first kappa shape index (κ1) is 9.00. The van der Waals surface area contributed by atoms with Crippen molar-refractivity contribution in [1.82, 2.24) is 10.0 Å². The second-order valence-corrected chi connectivity index (χ2v) is 4.89. The minimum absolute atomic E-state index is 0.197. The van der Waals surface area contributed by atoms with E-state index in [1.54, 1.807) is 0 Å². The first-order chi connectivity index (χ1) is 6.09. The Hall–Kier alpha value is -0.570. The van der Waals surface area contributed by atoms with Crippen LogP contribution in [0, 0.1) is 5.41 Å². The Morgan fingerprint density at radius 1 is 1.15 bits per heavy atom. The molecule has 3 heteroatoms. The second kappa shape index (κ2) is 2.98. The van der Waals surface area contributed by atoms with Crippen LogP contribution in [0.15, 0.2) is 4.99 Å². The fourth-order valence-electron chi connectivity index (χ4n) is 2.11. The van der Waals surface area contributed by atoms with E-state index in [0.717, 1.165) is 19.6 Å². The molecule has 0 aromatic heterocycles. The average molecular weight is 181 g/mol. The Morgan fingerprint density at radius 3 is 2.62 bits per heavy atom. The highest BCUT2D eigenvalue weighted by atomic mass is 15.7. The second-order valence-electron chi connectivity index (χ2n) is 4.89. The van der Waals surface area contributed by atoms with Gasteiger partial charge >= 0.3 is 0 Å². The zero-order valence-electron chi connectivity index (χ0n) is 8.88. The van der Waals surface area contributed by atoms with Crippen molar-refractivity contribution >= 4 is 5.84 Å². The Labute approximate surface area is 80.4 Å². The van der Waals surface area contributed by atoms with Crippen molar-refractivity contribution in [3.63, 3.8) is 0 Å². The summed E-state index contributed by atoms with van der Waals surface area (Å²) in [5.74, 6) is 1.27. The molecule has 0 bridgehead atoms. The van der Waals surface area contributed by atoms with Gasteiger partial charge in [0.05, 0.1) is 6.54 Å². The molecule has 2 rings (SSSR count). The van der Waals surface area contributed by atoms with Gasteiger partial charge in [-0.05, 0) is 6.42 Å². The fourth-order valence-corrected chi connectivity index (χ4v) is 2.11. The van der Waals surface area contributed by atoms with Crippen molar-refractivity contribution in [3.8, 4) is 0 Å². The summed E-state index contributed by atoms with van der Waals surface area (Å²) >= 11 is 0. The molecular formula is C10H19N3. The molecule has 2 aliphatic rings. The third-order valence-electron chi connectivity index (χ3n) is 2.66. The van der Waals surface area contributed by atoms with Crippen molar-refractivity contribution in [1.29, 1.82) is 0 Å². The maximum atomic E-state index is 4.64. The third-order valence-corrected chi connectivity index (χ3v) is 2.66. The summed E-state index contributed by atoms with van der Waals surface area (Å²) in [5.41, 5.74) is 0.197. The molecule has 0 amide bonds. The molecular weight excluding hydrogens is 162 g/mol. The molecule has 0 N–H and O–H groups in total. The summed E-state index contributed by atoms with van der Waals surface area (Å²) in [4.78, 5) is 4.64. The summed E-state index contributed by atoms with van der Waals surface area (Å²) in [7, 11) is 0. The monoisotopic (exact) mass is 181 g/mol. The van der Waals surface area contributed by atoms with Gasteiger partial charge in [-0.1, -0.05) is 20.8 Å². The molecule has 0 unspecified atom stereocenters. The Bertz CT molecular complexity index is 227. The zero-order chi connectivity index (χ0) is 9.47. The van der Waals surface area contributed by atoms with E-state index in [9.17, 15) is 0 Å². The Kier molecular flexibility index (Phi) is 2.06. The largest absolute Gasteiger partial charge is 0.293 e. The maximum Gasteiger partial charge on any atom is 0.119 e. The van der Waals surface area contributed by atoms with E-state index in [2.05, 4.69) is 35.8 Å². The van der Waals surface area contributed by atoms with E-state index >= 15 is 0 Å². The van der Waals surface area contributed by atoms with Gasteiger partial charge < -0.3 is 0 Å². The molecule has 2 heterocycles. The number of hydrogen-bond acceptors (Lipinski definition) is 3. The number of rotatable bonds is 0. The van der Waals surface area contributed by atoms with Crippen LogP contribution in [0.4, 0.5) is 0 Å². The van der Waals surface area contributed by atoms with Crippen molar-refractivity contribution in [2.24, 2.45) is 10.4 Å². The minimum Gasteiger partial charge on any atom is -0.293 e. The van der Waals surface area contributed by atoms with Crippen LogP contribution in [0.3, 0.4) is 0 Å². The van der Waals surface area contributed by atoms with Crippen LogP contribution < -0.4 is 0 Å². The first-order valence-electron chi connectivity index (χ1n) is 5.16. The van der Waals surface area contributed by atoms with Crippen molar-refractivity contribution in [3.05, 3.63) is 0 Å². The Morgan fingerprint density at radius 2 is 1.92 bits per heavy atom. The summed E-state index contributed by atoms with van der Waals surface area (Å²) in [6.45, 7) is 11.2. The number of amidine groups is 1. The molecule has 0 saturated carbocycles. The molecule has 0 atom stereocenters. The van der Waals surface area contributed by atoms with Crippen LogP contribution in [-0.2, 0) is 0 Å². The SMILES string of the molecule is CC(C)(C)C1=NCCN2CCCN12. The van der Waals surface area contributed by atoms with Crippen molar-refractivity contribution < 1.29 is 0 Å². The molecule has 13 heavy (non-hydrogen) atoms. The lowest BCUT2D eigenvalue weighted by molar-refractivity contribution is 0.0860. The molecule has 1 fully saturated rings. The van der Waals surface area contributed by atoms with Crippen LogP contribution in [0.2, 0.25) is 0 Å². The molecule has 1 saturated heterocycles. The zero-order valence-corrected chi connectivity index (χ0v) is 8.88. The highest BCUT2D eigenvalue weighted by molar-refractivity contribution is 5.87. The highest BCUT2D eigenvalue weighted by Crippen LogP contribution is 2.25. The van der Waals surface area contributed by atoms with E-state index < -0.39 is 0 Å². The van der Waals surface area contributed by atoms with Gasteiger partial charge in [-0.2, -0.15) is 0 Å². The van der Waals surface area contributed by atoms with E-state index in [1.165, 1.54) is 18.8 Å². The summed E-state index contributed by atoms with van der Waals surface area (Å²) in [6.07, 6.45) is 1.29. The first-order valence-corrected chi connectivity index (χ1v) is 5.16. The van der Waals surface area contributed by atoms with Crippen molar-refractivity contribution in [2.45, 2.75) is 27.2 Å². The lowest BCUT2D eigenvalue weighted by atomic mass is 9.94. The van der Waals surface area contributed by atoms with Crippen LogP contribution >= 0.6 is 0 Å². The van der Waals surface area contributed by atoms with Crippen molar-refractivity contribution in [2.75, 3.05) is 26.2 Å². The summed E-state index contributed by atoms with van der Waals surface area (Å²) in [6, 6.07) is 0. The quantitative estimate of drug-likeness (QED) is 0.562. The minimum atomic E-state index is 0.197. The lowest BCUT2D eigenvalue weighted by Crippen LogP contribution is -2.50. The predicted molar refractivity (Wildman–Crippen MR) is 54.7 cm³/mol. The fraction of sp³-hybridized carbons (Fsp3) is 0.900. The number of fused-ring (bicyclic) bond motifs is 1. The summed E-state index contributed by atoms with van der Waals surface area (Å²) < 4.78 is 0. The van der Waals surface area contributed by atoms with Crippen LogP contribution in [0.1, 0.15) is 27.2 Å². The molecule has 0 aromatic rings. The topological polar surface area (TPSA) is 18.8 Å². The van der Waals surface area contributed by atoms with Gasteiger partial charge in [-0.15, -0.1) is 0 Å². The predicted octanol–water partition coefficient (Wildman–Crippen LogP) is 1.37. The average Bonchev–Trinajstić information content (AvgIpc) is 2.48. The standard InChI is InChI=1S/C10H19N3/c1-10(2,3)9-11-5-8-12-6-4-7-13(9)12/h4-8H2,1-3H3. The van der Waals surface area contributed by atoms with Gasteiger partial charge in [0.2, 0.25) is 0 Å². The van der Waals surface area contributed by atoms with Gasteiger partial charge in [0.1, 0.15) is 5.84 Å². The van der Waals surface area contributed by atoms with E-state index in [1.807, 2.05) is 0 Å². The summed E-state index contributed by atoms with van der Waals surface area (Å²) in [5, 5.41) is 4.82. The highest BCUT2D eigenvalue weighted by Gasteiger charge is 2.33. The maximum absolute atomic E-state index is 4.64. The number of hydrogen-bond donors (Lipinski definition) is 0. The molecule has 0 aromatic carbocycles. The van der Waals surface area contributed by atoms with E-state index in [0.29, 0.717) is 0 Å². The van der Waals surface area contributed by atoms with Gasteiger partial charge in [-0.3, -0.25) is 10.0 Å². The van der Waals surface area contributed by atoms with Gasteiger partial charge in [-0.25, -0.2) is 5.01 Å². The van der Waals surface area contributed by atoms with Crippen LogP contribution in [0.5, 0.6) is 0 Å². The molecule has 0 aliphatic carbocycles. The van der Waals surface area contributed by atoms with Crippen LogP contribution in [0.25, 0.3) is 0 Å². The smallest absolute Gasteiger partial charge is 0.119 e. The van der Waals surface area contributed by atoms with Gasteiger partial charge in [0, 0.05) is 25.0 Å². The Balaban J connectivity index is 2.22. The number of nitrogens with zero attached hydrogens (tertiary/aromatic N) is 3. The molecule has 0 radical (unpaired) electrons. The number of aliphatic imine (C=N–C) groups is 1. The third kappa shape index (κ3) is 1.57. The molecule has 74 valence electrons. The molecule has 3 nitrogen and oxygen atoms in total. The molecule has 0 spiro atoms. The van der Waals surface area contributed by atoms with Gasteiger partial charge in [0.15, 0.2) is 0 Å². The van der Waals surface area contributed by atoms with E-state index in [-0.39, 0.29) is 5.41 Å². The van der Waals surface area contributed by atoms with Crippen LogP contribution in [-0.4, -0.2) is 42.0 Å². The number of hydrazine groups is 1. The molecule has 2 aliphatic heterocycles. The van der Waals surface area contributed by atoms with E-state index in [4.69, 9.17) is 0 Å². The van der Waals surface area contributed by atoms with Gasteiger partial charge in [0.25, 0.3) is 0 Å². The normalized spacial score (nSPS) is 24.5.